The van der Waals surface area contributed by atoms with Crippen molar-refractivity contribution in [1.29, 1.82) is 0 Å². The van der Waals surface area contributed by atoms with Crippen molar-refractivity contribution in [2.45, 2.75) is 204 Å². The molecule has 7 rings (SSSR count). The van der Waals surface area contributed by atoms with E-state index in [1.807, 2.05) is 6.92 Å². The Bertz CT molecular complexity index is 1710. The Kier molecular flexibility index (Phi) is 16.0. The fraction of sp³-hybridized carbons (Fsp3) is 0.917. The highest BCUT2D eigenvalue weighted by molar-refractivity contribution is 5.32. The van der Waals surface area contributed by atoms with Crippen LogP contribution in [0.25, 0.3) is 0 Å². The van der Waals surface area contributed by atoms with Gasteiger partial charge >= 0.3 is 0 Å². The largest absolute Gasteiger partial charge is 0.394 e. The third kappa shape index (κ3) is 9.04. The smallest absolute Gasteiger partial charge is 0.187 e. The number of ether oxygens (including phenoxy) is 6. The molecule has 3 heterocycles. The van der Waals surface area contributed by atoms with Gasteiger partial charge in [0.25, 0.3) is 0 Å². The second-order valence-electron chi connectivity index (χ2n) is 22.1. The van der Waals surface area contributed by atoms with E-state index in [0.29, 0.717) is 24.7 Å². The van der Waals surface area contributed by atoms with Gasteiger partial charge in [0.2, 0.25) is 0 Å². The van der Waals surface area contributed by atoms with Crippen LogP contribution in [0.15, 0.2) is 23.3 Å². The summed E-state index contributed by atoms with van der Waals surface area (Å²) in [4.78, 5) is 0. The standard InChI is InChI=1S/C48H80O18/c1-22(20-61-42-40(59)38(57)35(54)29(65-42)21-62-43-39(58)36(55)33(52)27(18-49)63-43)9-8-10-23(2)24-15-16-46(5)30-13-11-25-26(48(30,7)31(51)17-47(24,46)6)12-14-32(45(25,3)4)66-44-41(60)37(56)34(53)28(19-50)64-44/h9,11,23-24,26-44,49-60H,8,10,12-21H2,1-7H3/b22-9+/t23-,24-,26-,27-,28-,29-,30+,31-,32-,33-,34-,35-,36+,37+,38+,39-,40-,41-,42-,43-,44+,46+,47-,48+/m1/s1. The lowest BCUT2D eigenvalue weighted by Gasteiger charge is -2.67. The number of hydrogen-bond acceptors (Lipinski definition) is 18. The fourth-order valence-corrected chi connectivity index (χ4v) is 13.9. The second kappa shape index (κ2) is 20.1. The molecule has 66 heavy (non-hydrogen) atoms. The summed E-state index contributed by atoms with van der Waals surface area (Å²) < 4.78 is 34.7. The van der Waals surface area contributed by atoms with Gasteiger partial charge in [-0.1, -0.05) is 64.8 Å². The maximum Gasteiger partial charge on any atom is 0.187 e. The van der Waals surface area contributed by atoms with Crippen molar-refractivity contribution in [3.05, 3.63) is 23.3 Å². The van der Waals surface area contributed by atoms with Crippen molar-refractivity contribution in [1.82, 2.24) is 0 Å². The molecule has 12 N–H and O–H groups in total. The molecule has 3 aliphatic heterocycles. The summed E-state index contributed by atoms with van der Waals surface area (Å²) in [5, 5.41) is 126. The van der Waals surface area contributed by atoms with Crippen molar-refractivity contribution < 1.29 is 89.7 Å². The molecule has 0 radical (unpaired) electrons. The Labute approximate surface area is 388 Å². The zero-order valence-corrected chi connectivity index (χ0v) is 39.6. The normalized spacial score (nSPS) is 51.1. The molecule has 0 unspecified atom stereocenters. The van der Waals surface area contributed by atoms with Crippen LogP contribution < -0.4 is 0 Å². The van der Waals surface area contributed by atoms with Crippen molar-refractivity contribution in [3.8, 4) is 0 Å². The van der Waals surface area contributed by atoms with Crippen LogP contribution in [-0.4, -0.2) is 192 Å². The molecule has 7 aliphatic rings. The molecular weight excluding hydrogens is 865 g/mol. The molecular formula is C48H80O18. The summed E-state index contributed by atoms with van der Waals surface area (Å²) in [5.74, 6) is 1.11. The first-order chi connectivity index (χ1) is 31.0. The zero-order chi connectivity index (χ0) is 48.4. The summed E-state index contributed by atoms with van der Waals surface area (Å²) in [6.45, 7) is 14.1. The fourth-order valence-electron chi connectivity index (χ4n) is 13.9. The van der Waals surface area contributed by atoms with Gasteiger partial charge in [-0.05, 0) is 92.8 Å². The van der Waals surface area contributed by atoms with Crippen LogP contribution in [0, 0.1) is 45.3 Å². The van der Waals surface area contributed by atoms with E-state index in [1.54, 1.807) is 0 Å². The SMILES string of the molecule is C/C(=C\CC[C@@H](C)[C@H]1CC[C@@]2(C)[C@@H]3CC=C4[C@@H](CC[C@@H](O[C@@H]5O[C@H](CO)[C@@H](O)[C@H](O)[C@H]5O)C4(C)C)[C@]3(C)[C@H](O)C[C@]12C)CO[C@@H]1O[C@H](CO[C@@H]2O[C@H](CO)[C@@H](O)[C@H](O)[C@H]2O)[C@@H](O)[C@H](O)[C@H]1O. The molecule has 0 aromatic heterocycles. The van der Waals surface area contributed by atoms with E-state index in [9.17, 15) is 61.3 Å². The number of allylic oxidation sites excluding steroid dienone is 2. The minimum absolute atomic E-state index is 0.0218. The average molecular weight is 945 g/mol. The maximum absolute atomic E-state index is 12.5. The molecule has 24 atom stereocenters. The number of rotatable bonds is 14. The summed E-state index contributed by atoms with van der Waals surface area (Å²) in [7, 11) is 0. The molecule has 6 fully saturated rings. The second-order valence-corrected chi connectivity index (χ2v) is 22.1. The molecule has 18 heteroatoms. The lowest BCUT2D eigenvalue weighted by atomic mass is 9.38. The quantitative estimate of drug-likeness (QED) is 0.100. The first kappa shape index (κ1) is 52.6. The van der Waals surface area contributed by atoms with Crippen molar-refractivity contribution in [2.24, 2.45) is 45.3 Å². The van der Waals surface area contributed by atoms with Gasteiger partial charge in [0, 0.05) is 10.8 Å². The summed E-state index contributed by atoms with van der Waals surface area (Å²) >= 11 is 0. The van der Waals surface area contributed by atoms with Gasteiger partial charge in [0.1, 0.15) is 73.2 Å². The van der Waals surface area contributed by atoms with E-state index in [0.717, 1.165) is 44.1 Å². The van der Waals surface area contributed by atoms with E-state index in [1.165, 1.54) is 5.57 Å². The molecule has 0 aromatic rings. The molecule has 0 spiro atoms. The first-order valence-corrected chi connectivity index (χ1v) is 24.2. The van der Waals surface area contributed by atoms with Crippen LogP contribution in [-0.2, 0) is 28.4 Å². The van der Waals surface area contributed by atoms with Crippen molar-refractivity contribution in [3.63, 3.8) is 0 Å². The van der Waals surface area contributed by atoms with E-state index < -0.39 is 123 Å². The maximum atomic E-state index is 12.5. The third-order valence-electron chi connectivity index (χ3n) is 18.3. The molecule has 4 aliphatic carbocycles. The zero-order valence-electron chi connectivity index (χ0n) is 39.6. The van der Waals surface area contributed by atoms with Gasteiger partial charge < -0.3 is 89.7 Å². The van der Waals surface area contributed by atoms with Gasteiger partial charge in [-0.2, -0.15) is 0 Å². The van der Waals surface area contributed by atoms with E-state index in [2.05, 4.69) is 53.7 Å². The van der Waals surface area contributed by atoms with E-state index in [4.69, 9.17) is 28.4 Å². The Morgan fingerprint density at radius 3 is 1.85 bits per heavy atom. The Balaban J connectivity index is 0.944. The topological polar surface area (TPSA) is 298 Å². The number of fused-ring (bicyclic) bond motifs is 5. The van der Waals surface area contributed by atoms with Gasteiger partial charge in [0.05, 0.1) is 38.6 Å². The van der Waals surface area contributed by atoms with E-state index in [-0.39, 0.29) is 40.8 Å². The highest BCUT2D eigenvalue weighted by Crippen LogP contribution is 2.75. The Hall–Kier alpha value is -1.24. The Morgan fingerprint density at radius 1 is 0.697 bits per heavy atom. The number of aliphatic hydroxyl groups excluding tert-OH is 12. The monoisotopic (exact) mass is 945 g/mol. The molecule has 0 amide bonds. The molecule has 18 nitrogen and oxygen atoms in total. The highest BCUT2D eigenvalue weighted by Gasteiger charge is 2.70. The Morgan fingerprint density at radius 2 is 1.24 bits per heavy atom. The summed E-state index contributed by atoms with van der Waals surface area (Å²) in [5.41, 5.74) is 1.13. The van der Waals surface area contributed by atoms with Crippen LogP contribution >= 0.6 is 0 Å². The van der Waals surface area contributed by atoms with Gasteiger partial charge in [-0.15, -0.1) is 0 Å². The summed E-state index contributed by atoms with van der Waals surface area (Å²) in [6, 6.07) is 0. The molecule has 0 bridgehead atoms. The molecule has 0 aromatic carbocycles. The number of aliphatic hydroxyl groups is 12. The lowest BCUT2D eigenvalue weighted by Crippen LogP contribution is -2.65. The third-order valence-corrected chi connectivity index (χ3v) is 18.3. The van der Waals surface area contributed by atoms with Crippen LogP contribution in [0.2, 0.25) is 0 Å². The van der Waals surface area contributed by atoms with E-state index >= 15 is 0 Å². The van der Waals surface area contributed by atoms with Crippen LogP contribution in [0.4, 0.5) is 0 Å². The number of hydrogen-bond donors (Lipinski definition) is 12. The lowest BCUT2D eigenvalue weighted by molar-refractivity contribution is -0.330. The summed E-state index contributed by atoms with van der Waals surface area (Å²) in [6.07, 6.45) is -11.3. The molecule has 380 valence electrons. The minimum Gasteiger partial charge on any atom is -0.394 e. The molecule has 3 saturated heterocycles. The van der Waals surface area contributed by atoms with Gasteiger partial charge in [-0.3, -0.25) is 0 Å². The van der Waals surface area contributed by atoms with Crippen LogP contribution in [0.1, 0.15) is 99.8 Å². The average Bonchev–Trinajstić information content (AvgIpc) is 3.55. The van der Waals surface area contributed by atoms with Gasteiger partial charge in [-0.25, -0.2) is 0 Å². The van der Waals surface area contributed by atoms with Crippen LogP contribution in [0.5, 0.6) is 0 Å². The van der Waals surface area contributed by atoms with Gasteiger partial charge in [0.15, 0.2) is 18.9 Å². The van der Waals surface area contributed by atoms with Crippen molar-refractivity contribution in [2.75, 3.05) is 26.4 Å². The predicted octanol–water partition coefficient (Wildman–Crippen LogP) is -0.249. The van der Waals surface area contributed by atoms with Crippen LogP contribution in [0.3, 0.4) is 0 Å². The molecule has 3 saturated carbocycles. The van der Waals surface area contributed by atoms with Crippen molar-refractivity contribution >= 4 is 0 Å². The minimum atomic E-state index is -1.67. The highest BCUT2D eigenvalue weighted by atomic mass is 16.7. The predicted molar refractivity (Wildman–Crippen MR) is 234 cm³/mol. The first-order valence-electron chi connectivity index (χ1n) is 24.2.